The first-order valence-electron chi connectivity index (χ1n) is 8.74. The van der Waals surface area contributed by atoms with Crippen molar-refractivity contribution in [2.75, 3.05) is 6.54 Å². The van der Waals surface area contributed by atoms with Crippen LogP contribution in [0.4, 0.5) is 4.39 Å². The molecule has 0 aromatic heterocycles. The van der Waals surface area contributed by atoms with Crippen LogP contribution < -0.4 is 5.32 Å². The van der Waals surface area contributed by atoms with Gasteiger partial charge in [0.1, 0.15) is 5.82 Å². The third-order valence-electron chi connectivity index (χ3n) is 4.07. The predicted molar refractivity (Wildman–Crippen MR) is 90.2 cm³/mol. The average molecular weight is 293 g/mol. The molecule has 0 bridgehead atoms. The Morgan fingerprint density at radius 2 is 1.48 bits per heavy atom. The first-order valence-corrected chi connectivity index (χ1v) is 8.74. The van der Waals surface area contributed by atoms with E-state index < -0.39 is 0 Å². The second-order valence-electron chi connectivity index (χ2n) is 6.02. The Labute approximate surface area is 130 Å². The molecule has 0 aliphatic rings. The van der Waals surface area contributed by atoms with Crippen molar-refractivity contribution in [3.8, 4) is 0 Å². The second-order valence-corrected chi connectivity index (χ2v) is 6.02. The van der Waals surface area contributed by atoms with Crippen molar-refractivity contribution in [2.24, 2.45) is 0 Å². The lowest BCUT2D eigenvalue weighted by Gasteiger charge is -2.18. The fraction of sp³-hybridized carbons (Fsp3) is 0.684. The Morgan fingerprint density at radius 3 is 2.00 bits per heavy atom. The van der Waals surface area contributed by atoms with Crippen LogP contribution in [0.2, 0.25) is 0 Å². The normalized spacial score (nSPS) is 11.2. The molecule has 0 aliphatic carbocycles. The van der Waals surface area contributed by atoms with Gasteiger partial charge in [-0.1, -0.05) is 64.5 Å². The smallest absolute Gasteiger partial charge is 0.123 e. The highest BCUT2D eigenvalue weighted by Gasteiger charge is 2.07. The molecule has 0 saturated carbocycles. The van der Waals surface area contributed by atoms with Crippen molar-refractivity contribution < 1.29 is 4.39 Å². The van der Waals surface area contributed by atoms with Crippen LogP contribution in [0.5, 0.6) is 0 Å². The molecule has 0 amide bonds. The van der Waals surface area contributed by atoms with Crippen molar-refractivity contribution in [2.45, 2.75) is 77.7 Å². The summed E-state index contributed by atoms with van der Waals surface area (Å²) >= 11 is 0. The van der Waals surface area contributed by atoms with E-state index in [1.807, 2.05) is 12.1 Å². The van der Waals surface area contributed by atoms with E-state index in [4.69, 9.17) is 0 Å². The maximum absolute atomic E-state index is 12.9. The van der Waals surface area contributed by atoms with E-state index in [0.29, 0.717) is 6.04 Å². The number of nitrogens with one attached hydrogen (secondary N) is 1. The van der Waals surface area contributed by atoms with Crippen LogP contribution in [-0.2, 0) is 6.42 Å². The molecule has 1 aromatic carbocycles. The Hall–Kier alpha value is -0.890. The summed E-state index contributed by atoms with van der Waals surface area (Å²) < 4.78 is 12.9. The molecule has 0 aliphatic heterocycles. The molecule has 0 spiro atoms. The largest absolute Gasteiger partial charge is 0.314 e. The van der Waals surface area contributed by atoms with Crippen LogP contribution in [-0.4, -0.2) is 12.6 Å². The molecule has 21 heavy (non-hydrogen) atoms. The van der Waals surface area contributed by atoms with Gasteiger partial charge in [-0.2, -0.15) is 0 Å². The first kappa shape index (κ1) is 18.2. The van der Waals surface area contributed by atoms with E-state index in [9.17, 15) is 4.39 Å². The molecule has 0 fully saturated rings. The van der Waals surface area contributed by atoms with Gasteiger partial charge in [0, 0.05) is 6.04 Å². The molecule has 0 radical (unpaired) electrons. The third kappa shape index (κ3) is 8.87. The fourth-order valence-corrected chi connectivity index (χ4v) is 2.70. The summed E-state index contributed by atoms with van der Waals surface area (Å²) in [6, 6.07) is 7.54. The van der Waals surface area contributed by atoms with E-state index in [1.165, 1.54) is 56.9 Å². The minimum absolute atomic E-state index is 0.149. The molecule has 1 aromatic rings. The highest BCUT2D eigenvalue weighted by molar-refractivity contribution is 5.16. The van der Waals surface area contributed by atoms with Gasteiger partial charge in [0.15, 0.2) is 0 Å². The van der Waals surface area contributed by atoms with Crippen LogP contribution in [0, 0.1) is 5.82 Å². The van der Waals surface area contributed by atoms with Gasteiger partial charge in [-0.25, -0.2) is 4.39 Å². The van der Waals surface area contributed by atoms with Crippen LogP contribution in [0.25, 0.3) is 0 Å². The summed E-state index contributed by atoms with van der Waals surface area (Å²) in [5.41, 5.74) is 1.21. The quantitative estimate of drug-likeness (QED) is 0.503. The van der Waals surface area contributed by atoms with E-state index in [2.05, 4.69) is 19.2 Å². The van der Waals surface area contributed by atoms with Gasteiger partial charge in [-0.3, -0.25) is 0 Å². The van der Waals surface area contributed by atoms with E-state index in [0.717, 1.165) is 13.0 Å². The first-order chi connectivity index (χ1) is 10.3. The summed E-state index contributed by atoms with van der Waals surface area (Å²) in [6.07, 6.45) is 11.5. The maximum Gasteiger partial charge on any atom is 0.123 e. The zero-order chi connectivity index (χ0) is 15.3. The number of hydrogen-bond acceptors (Lipinski definition) is 1. The topological polar surface area (TPSA) is 12.0 Å². The van der Waals surface area contributed by atoms with Gasteiger partial charge in [-0.15, -0.1) is 0 Å². The minimum Gasteiger partial charge on any atom is -0.314 e. The number of rotatable bonds is 12. The lowest BCUT2D eigenvalue weighted by Crippen LogP contribution is -2.31. The Balaban J connectivity index is 2.27. The predicted octanol–water partition coefficient (Wildman–Crippen LogP) is 5.49. The highest BCUT2D eigenvalue weighted by Crippen LogP contribution is 2.11. The molecular weight excluding hydrogens is 261 g/mol. The van der Waals surface area contributed by atoms with Gasteiger partial charge >= 0.3 is 0 Å². The average Bonchev–Trinajstić information content (AvgIpc) is 2.49. The SMILES string of the molecule is CCCCCC(CCCCC)NCCc1ccc(F)cc1. The molecule has 120 valence electrons. The highest BCUT2D eigenvalue weighted by atomic mass is 19.1. The summed E-state index contributed by atoms with van der Waals surface area (Å²) in [7, 11) is 0. The summed E-state index contributed by atoms with van der Waals surface area (Å²) in [5.74, 6) is -0.149. The number of halogens is 1. The van der Waals surface area contributed by atoms with E-state index in [-0.39, 0.29) is 5.82 Å². The third-order valence-corrected chi connectivity index (χ3v) is 4.07. The van der Waals surface area contributed by atoms with Gasteiger partial charge < -0.3 is 5.32 Å². The van der Waals surface area contributed by atoms with Gasteiger partial charge in [0.25, 0.3) is 0 Å². The van der Waals surface area contributed by atoms with Gasteiger partial charge in [-0.05, 0) is 43.5 Å². The van der Waals surface area contributed by atoms with Crippen LogP contribution in [0.1, 0.15) is 70.8 Å². The summed E-state index contributed by atoms with van der Waals surface area (Å²) in [4.78, 5) is 0. The number of hydrogen-bond donors (Lipinski definition) is 1. The standard InChI is InChI=1S/C19H32FN/c1-3-5-7-9-19(10-8-6-4-2)21-16-15-17-11-13-18(20)14-12-17/h11-14,19,21H,3-10,15-16H2,1-2H3. The molecular formula is C19H32FN. The summed E-state index contributed by atoms with van der Waals surface area (Å²) in [6.45, 7) is 5.51. The molecule has 0 saturated heterocycles. The van der Waals surface area contributed by atoms with Crippen molar-refractivity contribution in [1.29, 1.82) is 0 Å². The Kier molecular flexibility index (Phi) is 10.1. The van der Waals surface area contributed by atoms with Crippen molar-refractivity contribution in [3.63, 3.8) is 0 Å². The number of unbranched alkanes of at least 4 members (excludes halogenated alkanes) is 4. The molecule has 0 atom stereocenters. The molecule has 1 N–H and O–H groups in total. The summed E-state index contributed by atoms with van der Waals surface area (Å²) in [5, 5.41) is 3.71. The van der Waals surface area contributed by atoms with Crippen LogP contribution in [0.3, 0.4) is 0 Å². The van der Waals surface area contributed by atoms with E-state index in [1.54, 1.807) is 12.1 Å². The van der Waals surface area contributed by atoms with Gasteiger partial charge in [0.05, 0.1) is 0 Å². The Bertz CT molecular complexity index is 337. The van der Waals surface area contributed by atoms with Crippen molar-refractivity contribution in [1.82, 2.24) is 5.32 Å². The lowest BCUT2D eigenvalue weighted by atomic mass is 10.0. The lowest BCUT2D eigenvalue weighted by molar-refractivity contribution is 0.421. The fourth-order valence-electron chi connectivity index (χ4n) is 2.70. The van der Waals surface area contributed by atoms with Gasteiger partial charge in [0.2, 0.25) is 0 Å². The van der Waals surface area contributed by atoms with Crippen molar-refractivity contribution >= 4 is 0 Å². The zero-order valence-electron chi connectivity index (χ0n) is 13.8. The molecule has 0 heterocycles. The van der Waals surface area contributed by atoms with Crippen LogP contribution in [0.15, 0.2) is 24.3 Å². The Morgan fingerprint density at radius 1 is 0.905 bits per heavy atom. The monoisotopic (exact) mass is 293 g/mol. The van der Waals surface area contributed by atoms with Crippen LogP contribution >= 0.6 is 0 Å². The molecule has 1 rings (SSSR count). The molecule has 2 heteroatoms. The van der Waals surface area contributed by atoms with E-state index >= 15 is 0 Å². The minimum atomic E-state index is -0.149. The number of benzene rings is 1. The molecule has 0 unspecified atom stereocenters. The maximum atomic E-state index is 12.9. The second kappa shape index (κ2) is 11.7. The molecule has 1 nitrogen and oxygen atoms in total. The van der Waals surface area contributed by atoms with Crippen molar-refractivity contribution in [3.05, 3.63) is 35.6 Å². The zero-order valence-corrected chi connectivity index (χ0v) is 13.8.